The molecule has 3 heterocycles. The molecule has 0 saturated carbocycles. The number of ether oxygens (including phenoxy) is 1. The molecular weight excluding hydrogens is 376 g/mol. The minimum atomic E-state index is -0.883. The van der Waals surface area contributed by atoms with Gasteiger partial charge in [-0.2, -0.15) is 5.10 Å². The zero-order valence-electron chi connectivity index (χ0n) is 16.3. The predicted molar refractivity (Wildman–Crippen MR) is 105 cm³/mol. The molecule has 0 spiro atoms. The molecule has 2 bridgehead atoms. The lowest BCUT2D eigenvalue weighted by Crippen LogP contribution is -2.49. The molecule has 2 aliphatic heterocycles. The minimum absolute atomic E-state index is 0.0359. The van der Waals surface area contributed by atoms with E-state index in [0.717, 1.165) is 5.39 Å². The van der Waals surface area contributed by atoms with Crippen molar-refractivity contribution in [1.82, 2.24) is 19.6 Å². The zero-order valence-corrected chi connectivity index (χ0v) is 16.3. The highest BCUT2D eigenvalue weighted by Crippen LogP contribution is 2.20. The summed E-state index contributed by atoms with van der Waals surface area (Å²) < 4.78 is 6.92. The van der Waals surface area contributed by atoms with Gasteiger partial charge < -0.3 is 14.7 Å². The first kappa shape index (κ1) is 19.5. The van der Waals surface area contributed by atoms with Crippen LogP contribution in [0.4, 0.5) is 0 Å². The van der Waals surface area contributed by atoms with E-state index in [4.69, 9.17) is 9.84 Å². The van der Waals surface area contributed by atoms with Gasteiger partial charge in [0, 0.05) is 30.9 Å². The van der Waals surface area contributed by atoms with E-state index >= 15 is 0 Å². The number of rotatable bonds is 4. The number of carboxylic acid groups (broad SMARTS) is 1. The Labute approximate surface area is 167 Å². The summed E-state index contributed by atoms with van der Waals surface area (Å²) in [6.07, 6.45) is 0. The van der Waals surface area contributed by atoms with Crippen LogP contribution in [0, 0.1) is 12.8 Å². The number of nitrogens with zero attached hydrogens (tertiary/aromatic N) is 4. The highest BCUT2D eigenvalue weighted by atomic mass is 16.5. The average Bonchev–Trinajstić information content (AvgIpc) is 2.96. The topological polar surface area (TPSA) is 105 Å². The van der Waals surface area contributed by atoms with Crippen molar-refractivity contribution in [2.45, 2.75) is 19.5 Å². The molecule has 1 amide bonds. The number of aliphatic carboxylic acids is 1. The molecule has 0 unspecified atom stereocenters. The maximum absolute atomic E-state index is 13.1. The normalized spacial score (nSPS) is 22.4. The molecule has 1 N–H and O–H groups in total. The average molecular weight is 400 g/mol. The van der Waals surface area contributed by atoms with E-state index in [0.29, 0.717) is 43.9 Å². The van der Waals surface area contributed by atoms with Crippen LogP contribution in [0.1, 0.15) is 5.69 Å². The first-order valence-electron chi connectivity index (χ1n) is 9.70. The van der Waals surface area contributed by atoms with Crippen molar-refractivity contribution >= 4 is 22.6 Å². The van der Waals surface area contributed by atoms with Gasteiger partial charge >= 0.3 is 5.97 Å². The number of benzene rings is 1. The van der Waals surface area contributed by atoms with E-state index in [1.807, 2.05) is 24.0 Å². The quantitative estimate of drug-likeness (QED) is 0.767. The monoisotopic (exact) mass is 400 g/mol. The van der Waals surface area contributed by atoms with Crippen LogP contribution < -0.4 is 5.56 Å². The molecule has 2 atom stereocenters. The van der Waals surface area contributed by atoms with Crippen LogP contribution in [-0.4, -0.2) is 82.0 Å². The third-order valence-corrected chi connectivity index (χ3v) is 5.56. The molecule has 2 fully saturated rings. The van der Waals surface area contributed by atoms with Crippen LogP contribution in [0.3, 0.4) is 0 Å². The van der Waals surface area contributed by atoms with Crippen molar-refractivity contribution in [2.75, 3.05) is 39.4 Å². The molecule has 1 aromatic heterocycles. The lowest BCUT2D eigenvalue weighted by Gasteiger charge is -2.30. The Morgan fingerprint density at radius 1 is 1.14 bits per heavy atom. The van der Waals surface area contributed by atoms with E-state index in [1.165, 1.54) is 4.68 Å². The molecule has 2 aliphatic rings. The van der Waals surface area contributed by atoms with Gasteiger partial charge in [0.15, 0.2) is 0 Å². The fourth-order valence-corrected chi connectivity index (χ4v) is 4.30. The molecule has 0 radical (unpaired) electrons. The van der Waals surface area contributed by atoms with Crippen molar-refractivity contribution in [3.05, 3.63) is 40.3 Å². The number of hydrogen-bond donors (Lipinski definition) is 1. The maximum atomic E-state index is 13.1. The molecule has 9 heteroatoms. The summed E-state index contributed by atoms with van der Waals surface area (Å²) >= 11 is 0. The molecule has 9 nitrogen and oxygen atoms in total. The number of carboxylic acids is 1. The number of aromatic nitrogens is 2. The number of carbonyl (C=O) groups excluding carboxylic acids is 1. The number of aryl methyl sites for hydroxylation is 1. The van der Waals surface area contributed by atoms with Crippen LogP contribution in [0.15, 0.2) is 29.1 Å². The minimum Gasteiger partial charge on any atom is -0.480 e. The van der Waals surface area contributed by atoms with Gasteiger partial charge in [0.25, 0.3) is 5.56 Å². The number of hydrogen-bond acceptors (Lipinski definition) is 6. The van der Waals surface area contributed by atoms with E-state index in [-0.39, 0.29) is 36.5 Å². The van der Waals surface area contributed by atoms with Crippen LogP contribution in [-0.2, 0) is 20.9 Å². The Balaban J connectivity index is 1.58. The first-order chi connectivity index (χ1) is 13.9. The second-order valence-corrected chi connectivity index (χ2v) is 7.79. The third-order valence-electron chi connectivity index (χ3n) is 5.56. The molecule has 4 rings (SSSR count). The predicted octanol–water partition coefficient (Wildman–Crippen LogP) is -0.0513. The summed E-state index contributed by atoms with van der Waals surface area (Å²) in [5.41, 5.74) is 0.402. The Kier molecular flexibility index (Phi) is 5.33. The Morgan fingerprint density at radius 3 is 2.66 bits per heavy atom. The van der Waals surface area contributed by atoms with Crippen molar-refractivity contribution in [1.29, 1.82) is 0 Å². The fraction of sp³-hybridized carbons (Fsp3) is 0.500. The van der Waals surface area contributed by atoms with E-state index in [1.54, 1.807) is 17.0 Å². The maximum Gasteiger partial charge on any atom is 0.317 e. The van der Waals surface area contributed by atoms with Gasteiger partial charge in [0.1, 0.15) is 6.54 Å². The summed E-state index contributed by atoms with van der Waals surface area (Å²) in [6, 6.07) is 6.99. The summed E-state index contributed by atoms with van der Waals surface area (Å²) in [5.74, 6) is -1.05. The van der Waals surface area contributed by atoms with Gasteiger partial charge in [-0.3, -0.25) is 19.3 Å². The molecular formula is C20H24N4O5. The molecule has 0 aliphatic carbocycles. The molecule has 29 heavy (non-hydrogen) atoms. The van der Waals surface area contributed by atoms with E-state index in [2.05, 4.69) is 5.10 Å². The smallest absolute Gasteiger partial charge is 0.317 e. The second kappa shape index (κ2) is 7.92. The van der Waals surface area contributed by atoms with Crippen LogP contribution in [0.5, 0.6) is 0 Å². The van der Waals surface area contributed by atoms with Crippen LogP contribution in [0.25, 0.3) is 10.8 Å². The van der Waals surface area contributed by atoms with Gasteiger partial charge in [-0.15, -0.1) is 0 Å². The van der Waals surface area contributed by atoms with E-state index in [9.17, 15) is 14.4 Å². The molecule has 2 aromatic rings. The molecule has 2 saturated heterocycles. The SMILES string of the molecule is Cc1nn(CC(=O)N2C[C@H]3COC[C@@H]2CN(CC(=O)O)C3)c(=O)c2ccccc12. The lowest BCUT2D eigenvalue weighted by atomic mass is 10.1. The summed E-state index contributed by atoms with van der Waals surface area (Å²) in [4.78, 5) is 40.7. The Bertz CT molecular complexity index is 1000. The van der Waals surface area contributed by atoms with Crippen molar-refractivity contribution in [3.63, 3.8) is 0 Å². The number of fused-ring (bicyclic) bond motifs is 4. The van der Waals surface area contributed by atoms with Gasteiger partial charge in [-0.1, -0.05) is 18.2 Å². The number of amides is 1. The van der Waals surface area contributed by atoms with Crippen molar-refractivity contribution < 1.29 is 19.4 Å². The van der Waals surface area contributed by atoms with Gasteiger partial charge in [-0.05, 0) is 13.0 Å². The van der Waals surface area contributed by atoms with Crippen molar-refractivity contribution in [3.8, 4) is 0 Å². The Morgan fingerprint density at radius 2 is 1.90 bits per heavy atom. The largest absolute Gasteiger partial charge is 0.480 e. The summed E-state index contributed by atoms with van der Waals surface area (Å²) in [7, 11) is 0. The molecule has 1 aromatic carbocycles. The van der Waals surface area contributed by atoms with Crippen LogP contribution >= 0.6 is 0 Å². The first-order valence-corrected chi connectivity index (χ1v) is 9.70. The highest BCUT2D eigenvalue weighted by Gasteiger charge is 2.36. The van der Waals surface area contributed by atoms with Crippen molar-refractivity contribution in [2.24, 2.45) is 5.92 Å². The summed E-state index contributed by atoms with van der Waals surface area (Å²) in [5, 5.41) is 14.8. The van der Waals surface area contributed by atoms with Gasteiger partial charge in [0.05, 0.1) is 36.9 Å². The van der Waals surface area contributed by atoms with Gasteiger partial charge in [-0.25, -0.2) is 4.68 Å². The third kappa shape index (κ3) is 4.01. The second-order valence-electron chi connectivity index (χ2n) is 7.79. The lowest BCUT2D eigenvalue weighted by molar-refractivity contribution is -0.138. The molecule has 154 valence electrons. The highest BCUT2D eigenvalue weighted by molar-refractivity contribution is 5.83. The van der Waals surface area contributed by atoms with E-state index < -0.39 is 5.97 Å². The van der Waals surface area contributed by atoms with Crippen LogP contribution in [0.2, 0.25) is 0 Å². The summed E-state index contributed by atoms with van der Waals surface area (Å²) in [6.45, 7) is 3.96. The van der Waals surface area contributed by atoms with Gasteiger partial charge in [0.2, 0.25) is 5.91 Å². The standard InChI is InChI=1S/C20H24N4O5/c1-13-16-4-2-3-5-17(16)20(28)24(21-13)9-18(25)23-7-14-6-22(10-19(26)27)8-15(23)12-29-11-14/h2-5,14-15H,6-12H2,1H3,(H,26,27)/t14-,15-/m0/s1. The fourth-order valence-electron chi connectivity index (χ4n) is 4.30. The zero-order chi connectivity index (χ0) is 20.5. The number of carbonyl (C=O) groups is 2. The Hall–Kier alpha value is -2.78.